The normalized spacial score (nSPS) is 16.8. The lowest BCUT2D eigenvalue weighted by atomic mass is 9.87. The van der Waals surface area contributed by atoms with Crippen LogP contribution in [-0.4, -0.2) is 35.8 Å². The van der Waals surface area contributed by atoms with E-state index >= 15 is 0 Å². The molecule has 0 spiro atoms. The molecule has 6 heteroatoms. The number of anilines is 1. The van der Waals surface area contributed by atoms with Crippen LogP contribution in [0.3, 0.4) is 0 Å². The number of hydrogen-bond acceptors (Lipinski definition) is 3. The maximum atomic E-state index is 12.5. The third-order valence-electron chi connectivity index (χ3n) is 4.69. The van der Waals surface area contributed by atoms with Gasteiger partial charge in [0.2, 0.25) is 5.91 Å². The van der Waals surface area contributed by atoms with Crippen LogP contribution >= 0.6 is 12.4 Å². The molecule has 2 rings (SSSR count). The molecule has 1 aromatic rings. The second-order valence-corrected chi connectivity index (χ2v) is 7.89. The zero-order valence-electron chi connectivity index (χ0n) is 15.5. The first kappa shape index (κ1) is 21.5. The summed E-state index contributed by atoms with van der Waals surface area (Å²) in [5.74, 6) is 0.538. The van der Waals surface area contributed by atoms with Crippen LogP contribution in [0.2, 0.25) is 0 Å². The fourth-order valence-electron chi connectivity index (χ4n) is 2.70. The molecule has 5 nitrogen and oxygen atoms in total. The molecule has 1 fully saturated rings. The Morgan fingerprint density at radius 3 is 2.16 bits per heavy atom. The predicted molar refractivity (Wildman–Crippen MR) is 104 cm³/mol. The van der Waals surface area contributed by atoms with Gasteiger partial charge in [-0.1, -0.05) is 27.7 Å². The Hall–Kier alpha value is -1.59. The number of rotatable bonds is 3. The summed E-state index contributed by atoms with van der Waals surface area (Å²) in [7, 11) is 0. The monoisotopic (exact) mass is 367 g/mol. The maximum Gasteiger partial charge on any atom is 0.253 e. The average molecular weight is 368 g/mol. The number of halogens is 1. The van der Waals surface area contributed by atoms with E-state index in [0.29, 0.717) is 17.2 Å². The van der Waals surface area contributed by atoms with Crippen molar-refractivity contribution >= 4 is 29.9 Å². The van der Waals surface area contributed by atoms with E-state index in [2.05, 4.69) is 12.2 Å². The average Bonchev–Trinajstić information content (AvgIpc) is 2.54. The van der Waals surface area contributed by atoms with E-state index < -0.39 is 6.04 Å². The van der Waals surface area contributed by atoms with Crippen LogP contribution in [0.25, 0.3) is 0 Å². The topological polar surface area (TPSA) is 75.4 Å². The van der Waals surface area contributed by atoms with Gasteiger partial charge in [-0.15, -0.1) is 12.4 Å². The number of nitrogens with one attached hydrogen (secondary N) is 1. The Balaban J connectivity index is 0.00000312. The van der Waals surface area contributed by atoms with Gasteiger partial charge in [0.05, 0.1) is 6.04 Å². The van der Waals surface area contributed by atoms with Crippen LogP contribution < -0.4 is 11.1 Å². The molecule has 1 saturated heterocycles. The summed E-state index contributed by atoms with van der Waals surface area (Å²) in [5, 5.41) is 2.81. The fourth-order valence-corrected chi connectivity index (χ4v) is 2.70. The van der Waals surface area contributed by atoms with E-state index in [-0.39, 0.29) is 29.6 Å². The number of hydrogen-bond donors (Lipinski definition) is 2. The van der Waals surface area contributed by atoms with Gasteiger partial charge < -0.3 is 16.0 Å². The number of carbonyl (C=O) groups is 2. The van der Waals surface area contributed by atoms with Crippen molar-refractivity contribution in [2.45, 2.75) is 46.6 Å². The van der Waals surface area contributed by atoms with Gasteiger partial charge in [-0.3, -0.25) is 9.59 Å². The minimum atomic E-state index is -0.589. The van der Waals surface area contributed by atoms with E-state index in [0.717, 1.165) is 25.9 Å². The van der Waals surface area contributed by atoms with Crippen LogP contribution in [0.4, 0.5) is 5.69 Å². The van der Waals surface area contributed by atoms with Gasteiger partial charge in [0, 0.05) is 24.3 Å². The molecule has 0 saturated carbocycles. The highest BCUT2D eigenvalue weighted by atomic mass is 35.5. The molecule has 0 aliphatic carbocycles. The van der Waals surface area contributed by atoms with E-state index in [1.807, 2.05) is 25.7 Å². The number of amides is 2. The Kier molecular flexibility index (Phi) is 7.44. The molecule has 0 bridgehead atoms. The minimum Gasteiger partial charge on any atom is -0.339 e. The molecule has 0 unspecified atom stereocenters. The van der Waals surface area contributed by atoms with E-state index in [4.69, 9.17) is 5.73 Å². The van der Waals surface area contributed by atoms with Gasteiger partial charge in [-0.2, -0.15) is 0 Å². The highest BCUT2D eigenvalue weighted by Gasteiger charge is 2.27. The van der Waals surface area contributed by atoms with Crippen LogP contribution in [0.1, 0.15) is 50.9 Å². The minimum absolute atomic E-state index is 0. The summed E-state index contributed by atoms with van der Waals surface area (Å²) < 4.78 is 0. The molecule has 1 heterocycles. The number of carbonyl (C=O) groups excluding carboxylic acids is 2. The smallest absolute Gasteiger partial charge is 0.253 e. The van der Waals surface area contributed by atoms with Gasteiger partial charge in [0.25, 0.3) is 5.91 Å². The van der Waals surface area contributed by atoms with Crippen LogP contribution in [0.5, 0.6) is 0 Å². The van der Waals surface area contributed by atoms with Gasteiger partial charge in [-0.05, 0) is 48.4 Å². The van der Waals surface area contributed by atoms with Crippen molar-refractivity contribution in [1.82, 2.24) is 4.90 Å². The number of nitrogens with two attached hydrogens (primary N) is 1. The Morgan fingerprint density at radius 2 is 1.68 bits per heavy atom. The first-order chi connectivity index (χ1) is 11.2. The molecular formula is C19H30ClN3O2. The summed E-state index contributed by atoms with van der Waals surface area (Å²) in [5.41, 5.74) is 6.97. The van der Waals surface area contributed by atoms with Crippen LogP contribution in [0, 0.1) is 11.3 Å². The maximum absolute atomic E-state index is 12.5. The molecular weight excluding hydrogens is 338 g/mol. The molecule has 1 atom stereocenters. The molecule has 25 heavy (non-hydrogen) atoms. The van der Waals surface area contributed by atoms with E-state index in [9.17, 15) is 9.59 Å². The van der Waals surface area contributed by atoms with Crippen LogP contribution in [0.15, 0.2) is 24.3 Å². The molecule has 3 N–H and O–H groups in total. The fraction of sp³-hybridized carbons (Fsp3) is 0.579. The Morgan fingerprint density at radius 1 is 1.16 bits per heavy atom. The van der Waals surface area contributed by atoms with Crippen molar-refractivity contribution in [3.63, 3.8) is 0 Å². The lowest BCUT2D eigenvalue weighted by molar-refractivity contribution is -0.119. The van der Waals surface area contributed by atoms with Crippen molar-refractivity contribution < 1.29 is 9.59 Å². The summed E-state index contributed by atoms with van der Waals surface area (Å²) in [6.07, 6.45) is 2.12. The van der Waals surface area contributed by atoms with Crippen molar-refractivity contribution in [2.75, 3.05) is 18.4 Å². The Bertz CT molecular complexity index is 588. The first-order valence-corrected chi connectivity index (χ1v) is 8.64. The second kappa shape index (κ2) is 8.68. The highest BCUT2D eigenvalue weighted by Crippen LogP contribution is 2.21. The van der Waals surface area contributed by atoms with E-state index in [1.165, 1.54) is 0 Å². The number of benzene rings is 1. The third kappa shape index (κ3) is 5.72. The number of piperidine rings is 1. The van der Waals surface area contributed by atoms with Crippen molar-refractivity contribution in [3.8, 4) is 0 Å². The standard InChI is InChI=1S/C19H29N3O2.ClH/c1-13-9-11-22(12-10-13)18(24)14-5-7-15(8-6-14)21-17(23)16(20)19(2,3)4;/h5-8,13,16H,9-12,20H2,1-4H3,(H,21,23);1H/t16-;/m1./s1. The largest absolute Gasteiger partial charge is 0.339 e. The molecule has 1 aliphatic rings. The molecule has 0 radical (unpaired) electrons. The van der Waals surface area contributed by atoms with E-state index in [1.54, 1.807) is 24.3 Å². The molecule has 2 amide bonds. The summed E-state index contributed by atoms with van der Waals surface area (Å²) >= 11 is 0. The summed E-state index contributed by atoms with van der Waals surface area (Å²) in [4.78, 5) is 26.5. The molecule has 0 aromatic heterocycles. The number of likely N-dealkylation sites (tertiary alicyclic amines) is 1. The van der Waals surface area contributed by atoms with Crippen molar-refractivity contribution in [3.05, 3.63) is 29.8 Å². The Labute approximate surface area is 156 Å². The van der Waals surface area contributed by atoms with Crippen molar-refractivity contribution in [2.24, 2.45) is 17.1 Å². The molecule has 1 aliphatic heterocycles. The van der Waals surface area contributed by atoms with Gasteiger partial charge in [0.15, 0.2) is 0 Å². The van der Waals surface area contributed by atoms with Gasteiger partial charge in [-0.25, -0.2) is 0 Å². The lowest BCUT2D eigenvalue weighted by Crippen LogP contribution is -2.45. The quantitative estimate of drug-likeness (QED) is 0.860. The summed E-state index contributed by atoms with van der Waals surface area (Å²) in [6, 6.07) is 6.45. The first-order valence-electron chi connectivity index (χ1n) is 8.64. The highest BCUT2D eigenvalue weighted by molar-refractivity contribution is 5.97. The third-order valence-corrected chi connectivity index (χ3v) is 4.69. The van der Waals surface area contributed by atoms with Crippen molar-refractivity contribution in [1.29, 1.82) is 0 Å². The second-order valence-electron chi connectivity index (χ2n) is 7.89. The molecule has 1 aromatic carbocycles. The van der Waals surface area contributed by atoms with Gasteiger partial charge >= 0.3 is 0 Å². The number of nitrogens with zero attached hydrogens (tertiary/aromatic N) is 1. The predicted octanol–water partition coefficient (Wildman–Crippen LogP) is 3.29. The van der Waals surface area contributed by atoms with Gasteiger partial charge in [0.1, 0.15) is 0 Å². The zero-order valence-corrected chi connectivity index (χ0v) is 16.4. The molecule has 140 valence electrons. The SMILES string of the molecule is CC1CCN(C(=O)c2ccc(NC(=O)[C@@H](N)C(C)(C)C)cc2)CC1.Cl. The summed E-state index contributed by atoms with van der Waals surface area (Å²) in [6.45, 7) is 9.65. The zero-order chi connectivity index (χ0) is 17.9. The lowest BCUT2D eigenvalue weighted by Gasteiger charge is -2.30. The van der Waals surface area contributed by atoms with Crippen LogP contribution in [-0.2, 0) is 4.79 Å².